The number of ether oxygens (including phenoxy) is 2. The minimum absolute atomic E-state index is 0.201. The van der Waals surface area contributed by atoms with Gasteiger partial charge in [0.05, 0.1) is 5.92 Å². The van der Waals surface area contributed by atoms with Gasteiger partial charge in [-0.1, -0.05) is 12.1 Å². The maximum absolute atomic E-state index is 12.7. The van der Waals surface area contributed by atoms with Crippen molar-refractivity contribution in [3.8, 4) is 11.5 Å². The number of carboxylic acid groups (broad SMARTS) is 1. The fourth-order valence-electron chi connectivity index (χ4n) is 2.95. The van der Waals surface area contributed by atoms with Crippen LogP contribution >= 0.6 is 0 Å². The third kappa shape index (κ3) is 2.73. The van der Waals surface area contributed by atoms with Crippen molar-refractivity contribution in [1.29, 1.82) is 0 Å². The standard InChI is InChI=1S/C16H19NO5/c1-10-14(22-13-7-3-2-6-12(13)21-10)15(18)17-8-4-5-11(9-17)16(19)20/h2-3,6-7,10-11,14H,4-5,8-9H2,1H3,(H,19,20)/t10?,11-,14?/m0/s1. The van der Waals surface area contributed by atoms with E-state index in [1.54, 1.807) is 24.0 Å². The number of hydrogen-bond donors (Lipinski definition) is 1. The van der Waals surface area contributed by atoms with Crippen molar-refractivity contribution in [2.24, 2.45) is 5.92 Å². The SMILES string of the molecule is CC1Oc2ccccc2OC1C(=O)N1CCC[C@H](C(=O)O)C1. The minimum atomic E-state index is -0.850. The summed E-state index contributed by atoms with van der Waals surface area (Å²) in [6.45, 7) is 2.59. The molecule has 3 atom stereocenters. The fourth-order valence-corrected chi connectivity index (χ4v) is 2.95. The predicted molar refractivity (Wildman–Crippen MR) is 77.9 cm³/mol. The highest BCUT2D eigenvalue weighted by molar-refractivity contribution is 5.83. The van der Waals surface area contributed by atoms with Gasteiger partial charge in [-0.05, 0) is 31.9 Å². The number of nitrogens with zero attached hydrogens (tertiary/aromatic N) is 1. The number of carbonyl (C=O) groups excluding carboxylic acids is 1. The van der Waals surface area contributed by atoms with Gasteiger partial charge in [-0.3, -0.25) is 9.59 Å². The normalized spacial score (nSPS) is 27.3. The number of piperidine rings is 1. The highest BCUT2D eigenvalue weighted by Gasteiger charge is 2.39. The lowest BCUT2D eigenvalue weighted by molar-refractivity contribution is -0.150. The maximum atomic E-state index is 12.7. The molecule has 6 heteroatoms. The highest BCUT2D eigenvalue weighted by atomic mass is 16.6. The lowest BCUT2D eigenvalue weighted by Crippen LogP contribution is -2.53. The fraction of sp³-hybridized carbons (Fsp3) is 0.500. The Hall–Kier alpha value is -2.24. The van der Waals surface area contributed by atoms with Crippen LogP contribution in [0.4, 0.5) is 0 Å². The molecule has 1 amide bonds. The van der Waals surface area contributed by atoms with Gasteiger partial charge in [0.1, 0.15) is 6.10 Å². The smallest absolute Gasteiger partial charge is 0.308 e. The molecule has 1 aromatic carbocycles. The van der Waals surface area contributed by atoms with Crippen molar-refractivity contribution in [3.05, 3.63) is 24.3 Å². The average molecular weight is 305 g/mol. The van der Waals surface area contributed by atoms with Crippen LogP contribution in [0.1, 0.15) is 19.8 Å². The van der Waals surface area contributed by atoms with Crippen molar-refractivity contribution in [1.82, 2.24) is 4.90 Å². The molecule has 22 heavy (non-hydrogen) atoms. The van der Waals surface area contributed by atoms with E-state index >= 15 is 0 Å². The number of rotatable bonds is 2. The first-order valence-corrected chi connectivity index (χ1v) is 7.50. The van der Waals surface area contributed by atoms with E-state index in [4.69, 9.17) is 14.6 Å². The molecule has 1 aromatic rings. The molecule has 1 saturated heterocycles. The summed E-state index contributed by atoms with van der Waals surface area (Å²) in [7, 11) is 0. The quantitative estimate of drug-likeness (QED) is 0.897. The van der Waals surface area contributed by atoms with E-state index in [0.29, 0.717) is 30.9 Å². The molecule has 0 radical (unpaired) electrons. The summed E-state index contributed by atoms with van der Waals surface area (Å²) in [6, 6.07) is 7.23. The molecule has 1 fully saturated rings. The third-order valence-electron chi connectivity index (χ3n) is 4.17. The van der Waals surface area contributed by atoms with Crippen molar-refractivity contribution < 1.29 is 24.2 Å². The van der Waals surface area contributed by atoms with E-state index in [0.717, 1.165) is 0 Å². The Kier molecular flexibility index (Phi) is 3.92. The molecule has 0 bridgehead atoms. The summed E-state index contributed by atoms with van der Waals surface area (Å²) < 4.78 is 11.5. The molecule has 6 nitrogen and oxygen atoms in total. The number of hydrogen-bond acceptors (Lipinski definition) is 4. The molecule has 2 heterocycles. The van der Waals surface area contributed by atoms with Crippen molar-refractivity contribution >= 4 is 11.9 Å². The topological polar surface area (TPSA) is 76.1 Å². The molecule has 0 aromatic heterocycles. The van der Waals surface area contributed by atoms with Gasteiger partial charge in [0.15, 0.2) is 11.5 Å². The molecule has 2 unspecified atom stereocenters. The largest absolute Gasteiger partial charge is 0.482 e. The Bertz CT molecular complexity index is 588. The summed E-state index contributed by atoms with van der Waals surface area (Å²) in [5.41, 5.74) is 0. The van der Waals surface area contributed by atoms with Gasteiger partial charge in [0.2, 0.25) is 6.10 Å². The van der Waals surface area contributed by atoms with Gasteiger partial charge in [-0.25, -0.2) is 0 Å². The van der Waals surface area contributed by atoms with Crippen molar-refractivity contribution in [2.75, 3.05) is 13.1 Å². The molecule has 3 rings (SSSR count). The van der Waals surface area contributed by atoms with Crippen molar-refractivity contribution in [3.63, 3.8) is 0 Å². The predicted octanol–water partition coefficient (Wildman–Crippen LogP) is 1.54. The Balaban J connectivity index is 1.73. The zero-order valence-electron chi connectivity index (χ0n) is 12.4. The summed E-state index contributed by atoms with van der Waals surface area (Å²) in [6.07, 6.45) is 0.163. The number of amides is 1. The number of carboxylic acids is 1. The minimum Gasteiger partial charge on any atom is -0.482 e. The Morgan fingerprint density at radius 1 is 1.23 bits per heavy atom. The first-order chi connectivity index (χ1) is 10.6. The van der Waals surface area contributed by atoms with Gasteiger partial charge in [-0.15, -0.1) is 0 Å². The zero-order chi connectivity index (χ0) is 15.7. The molecule has 0 aliphatic carbocycles. The van der Waals surface area contributed by atoms with Crippen LogP contribution in [-0.4, -0.2) is 47.2 Å². The summed E-state index contributed by atoms with van der Waals surface area (Å²) >= 11 is 0. The van der Waals surface area contributed by atoms with Gasteiger partial charge >= 0.3 is 5.97 Å². The Morgan fingerprint density at radius 2 is 1.91 bits per heavy atom. The molecule has 1 N–H and O–H groups in total. The van der Waals surface area contributed by atoms with Gasteiger partial charge in [0, 0.05) is 13.1 Å². The zero-order valence-corrected chi connectivity index (χ0v) is 12.4. The molecular weight excluding hydrogens is 286 g/mol. The van der Waals surface area contributed by atoms with E-state index in [1.807, 2.05) is 12.1 Å². The number of benzene rings is 1. The lowest BCUT2D eigenvalue weighted by Gasteiger charge is -2.37. The lowest BCUT2D eigenvalue weighted by atomic mass is 9.97. The highest BCUT2D eigenvalue weighted by Crippen LogP contribution is 2.34. The van der Waals surface area contributed by atoms with Crippen LogP contribution in [0.25, 0.3) is 0 Å². The van der Waals surface area contributed by atoms with Crippen LogP contribution in [0.15, 0.2) is 24.3 Å². The molecule has 0 saturated carbocycles. The van der Waals surface area contributed by atoms with Gasteiger partial charge < -0.3 is 19.5 Å². The maximum Gasteiger partial charge on any atom is 0.308 e. The summed E-state index contributed by atoms with van der Waals surface area (Å²) in [5.74, 6) is -0.374. The molecular formula is C16H19NO5. The van der Waals surface area contributed by atoms with Crippen LogP contribution in [0.2, 0.25) is 0 Å². The van der Waals surface area contributed by atoms with Crippen LogP contribution in [0, 0.1) is 5.92 Å². The molecule has 2 aliphatic heterocycles. The number of likely N-dealkylation sites (tertiary alicyclic amines) is 1. The first kappa shape index (κ1) is 14.7. The van der Waals surface area contributed by atoms with Crippen LogP contribution in [0.5, 0.6) is 11.5 Å². The summed E-state index contributed by atoms with van der Waals surface area (Å²) in [5, 5.41) is 9.14. The third-order valence-corrected chi connectivity index (χ3v) is 4.17. The second-order valence-electron chi connectivity index (χ2n) is 5.77. The molecule has 0 spiro atoms. The number of carbonyl (C=O) groups is 2. The second-order valence-corrected chi connectivity index (χ2v) is 5.77. The van der Waals surface area contributed by atoms with Gasteiger partial charge in [0.25, 0.3) is 5.91 Å². The number of aliphatic carboxylic acids is 1. The monoisotopic (exact) mass is 305 g/mol. The van der Waals surface area contributed by atoms with E-state index in [2.05, 4.69) is 0 Å². The van der Waals surface area contributed by atoms with E-state index in [9.17, 15) is 9.59 Å². The number of para-hydroxylation sites is 2. The Morgan fingerprint density at radius 3 is 2.59 bits per heavy atom. The van der Waals surface area contributed by atoms with E-state index in [1.165, 1.54) is 0 Å². The van der Waals surface area contributed by atoms with Gasteiger partial charge in [-0.2, -0.15) is 0 Å². The van der Waals surface area contributed by atoms with Crippen LogP contribution in [-0.2, 0) is 9.59 Å². The average Bonchev–Trinajstić information content (AvgIpc) is 2.53. The van der Waals surface area contributed by atoms with Crippen LogP contribution in [0.3, 0.4) is 0 Å². The van der Waals surface area contributed by atoms with Crippen molar-refractivity contribution in [2.45, 2.75) is 32.0 Å². The molecule has 118 valence electrons. The van der Waals surface area contributed by atoms with Crippen LogP contribution < -0.4 is 9.47 Å². The first-order valence-electron chi connectivity index (χ1n) is 7.50. The Labute approximate surface area is 128 Å². The van der Waals surface area contributed by atoms with E-state index < -0.39 is 24.1 Å². The summed E-state index contributed by atoms with van der Waals surface area (Å²) in [4.78, 5) is 25.4. The number of fused-ring (bicyclic) bond motifs is 1. The second kappa shape index (κ2) is 5.87. The molecule has 2 aliphatic rings. The van der Waals surface area contributed by atoms with E-state index in [-0.39, 0.29) is 12.5 Å².